The van der Waals surface area contributed by atoms with Crippen LogP contribution < -0.4 is 15.1 Å². The second-order valence-electron chi connectivity index (χ2n) is 7.88. The summed E-state index contributed by atoms with van der Waals surface area (Å²) in [6.45, 7) is 2.85. The number of hydrogen-bond donors (Lipinski definition) is 1. The first kappa shape index (κ1) is 24.4. The summed E-state index contributed by atoms with van der Waals surface area (Å²) in [5.74, 6) is -0.780. The molecule has 0 aliphatic carbocycles. The Morgan fingerprint density at radius 1 is 1.15 bits per heavy atom. The van der Waals surface area contributed by atoms with Gasteiger partial charge >= 0.3 is 6.09 Å². The molecule has 2 aliphatic heterocycles. The van der Waals surface area contributed by atoms with Crippen molar-refractivity contribution in [2.75, 3.05) is 42.5 Å². The molecule has 2 aromatic rings. The molecule has 1 atom stereocenters. The van der Waals surface area contributed by atoms with E-state index < -0.39 is 28.2 Å². The lowest BCUT2D eigenvalue weighted by atomic mass is 10.2. The number of halogens is 2. The minimum absolute atomic E-state index is 0.0793. The summed E-state index contributed by atoms with van der Waals surface area (Å²) in [7, 11) is -3.63. The molecule has 182 valence electrons. The second kappa shape index (κ2) is 9.88. The van der Waals surface area contributed by atoms with Gasteiger partial charge in [-0.05, 0) is 42.5 Å². The van der Waals surface area contributed by atoms with Gasteiger partial charge in [0.1, 0.15) is 5.82 Å². The first-order valence-corrected chi connectivity index (χ1v) is 13.0. The highest BCUT2D eigenvalue weighted by molar-refractivity contribution is 9.10. The summed E-state index contributed by atoms with van der Waals surface area (Å²) in [4.78, 5) is 27.0. The molecule has 2 saturated heterocycles. The van der Waals surface area contributed by atoms with Crippen LogP contribution in [0.25, 0.3) is 0 Å². The topological polar surface area (TPSA) is 99.3 Å². The van der Waals surface area contributed by atoms with Crippen molar-refractivity contribution in [2.45, 2.75) is 24.5 Å². The van der Waals surface area contributed by atoms with Crippen molar-refractivity contribution in [3.05, 3.63) is 52.8 Å². The minimum Gasteiger partial charge on any atom is -0.423 e. The van der Waals surface area contributed by atoms with Gasteiger partial charge in [-0.25, -0.2) is 17.6 Å². The van der Waals surface area contributed by atoms with Crippen LogP contribution in [-0.2, 0) is 19.6 Å². The van der Waals surface area contributed by atoms with Gasteiger partial charge < -0.3 is 15.0 Å². The Kier molecular flexibility index (Phi) is 7.10. The number of amides is 2. The fraction of sp³-hybridized carbons (Fsp3) is 0.364. The number of carbonyl (C=O) groups excluding carboxylic acids is 2. The fourth-order valence-electron chi connectivity index (χ4n) is 3.88. The van der Waals surface area contributed by atoms with Crippen LogP contribution in [0.1, 0.15) is 13.3 Å². The van der Waals surface area contributed by atoms with E-state index in [0.29, 0.717) is 24.5 Å². The Morgan fingerprint density at radius 3 is 2.44 bits per heavy atom. The highest BCUT2D eigenvalue weighted by Crippen LogP contribution is 2.29. The zero-order valence-electron chi connectivity index (χ0n) is 18.4. The fourth-order valence-corrected chi connectivity index (χ4v) is 5.56. The van der Waals surface area contributed by atoms with Crippen molar-refractivity contribution in [1.29, 1.82) is 0 Å². The molecular weight excluding hydrogens is 531 g/mol. The number of benzene rings is 2. The van der Waals surface area contributed by atoms with Gasteiger partial charge in [-0.15, -0.1) is 0 Å². The highest BCUT2D eigenvalue weighted by Gasteiger charge is 2.34. The van der Waals surface area contributed by atoms with Crippen molar-refractivity contribution in [2.24, 2.45) is 0 Å². The average Bonchev–Trinajstić information content (AvgIpc) is 3.19. The number of anilines is 2. The highest BCUT2D eigenvalue weighted by atomic mass is 79.9. The Morgan fingerprint density at radius 2 is 1.82 bits per heavy atom. The van der Waals surface area contributed by atoms with Crippen LogP contribution in [-0.4, -0.2) is 63.7 Å². The zero-order chi connectivity index (χ0) is 24.5. The van der Waals surface area contributed by atoms with Crippen LogP contribution in [0.3, 0.4) is 0 Å². The SMILES string of the molecule is CCC(=O)N[C@@H]1CN(c2ccc(N3CCN(S(=O)(=O)c4ccc(Br)cc4)CC3)c(F)c2)C(=O)O1. The predicted molar refractivity (Wildman–Crippen MR) is 128 cm³/mol. The molecule has 2 amide bonds. The van der Waals surface area contributed by atoms with Gasteiger partial charge in [-0.3, -0.25) is 9.69 Å². The van der Waals surface area contributed by atoms with Crippen LogP contribution in [0, 0.1) is 5.82 Å². The average molecular weight is 555 g/mol. The van der Waals surface area contributed by atoms with Gasteiger partial charge in [-0.2, -0.15) is 4.31 Å². The van der Waals surface area contributed by atoms with Crippen LogP contribution in [0.4, 0.5) is 20.6 Å². The maximum atomic E-state index is 15.0. The minimum atomic E-state index is -3.63. The van der Waals surface area contributed by atoms with E-state index in [0.717, 1.165) is 4.47 Å². The Hall–Kier alpha value is -2.70. The van der Waals surface area contributed by atoms with Gasteiger partial charge in [0.25, 0.3) is 0 Å². The molecular formula is C22H24BrFN4O5S. The monoisotopic (exact) mass is 554 g/mol. The van der Waals surface area contributed by atoms with Crippen molar-refractivity contribution in [3.63, 3.8) is 0 Å². The van der Waals surface area contributed by atoms with Gasteiger partial charge in [0, 0.05) is 37.1 Å². The molecule has 2 fully saturated rings. The predicted octanol–water partition coefficient (Wildman–Crippen LogP) is 2.91. The number of piperazine rings is 1. The standard InChI is InChI=1S/C22H24BrFN4O5S/c1-2-20(29)25-21-14-28(22(30)33-21)16-5-8-19(18(24)13-16)26-9-11-27(12-10-26)34(31,32)17-6-3-15(23)4-7-17/h3-8,13,21H,2,9-12,14H2,1H3,(H,25,29)/t21-/m0/s1. The van der Waals surface area contributed by atoms with Crippen molar-refractivity contribution < 1.29 is 27.1 Å². The van der Waals surface area contributed by atoms with Gasteiger partial charge in [0.2, 0.25) is 15.9 Å². The molecule has 34 heavy (non-hydrogen) atoms. The Labute approximate surface area is 205 Å². The molecule has 12 heteroatoms. The summed E-state index contributed by atoms with van der Waals surface area (Å²) < 4.78 is 48.1. The van der Waals surface area contributed by atoms with Crippen LogP contribution >= 0.6 is 15.9 Å². The first-order valence-electron chi connectivity index (χ1n) is 10.8. The summed E-state index contributed by atoms with van der Waals surface area (Å²) >= 11 is 3.30. The molecule has 0 saturated carbocycles. The third kappa shape index (κ3) is 5.03. The smallest absolute Gasteiger partial charge is 0.416 e. The lowest BCUT2D eigenvalue weighted by Gasteiger charge is -2.35. The van der Waals surface area contributed by atoms with Crippen molar-refractivity contribution in [1.82, 2.24) is 9.62 Å². The summed E-state index contributed by atoms with van der Waals surface area (Å²) in [5.41, 5.74) is 0.642. The molecule has 0 radical (unpaired) electrons. The third-order valence-electron chi connectivity index (χ3n) is 5.73. The van der Waals surface area contributed by atoms with E-state index in [1.807, 2.05) is 0 Å². The van der Waals surface area contributed by atoms with E-state index >= 15 is 0 Å². The number of ether oxygens (including phenoxy) is 1. The second-order valence-corrected chi connectivity index (χ2v) is 10.7. The van der Waals surface area contributed by atoms with Gasteiger partial charge in [-0.1, -0.05) is 22.9 Å². The molecule has 2 aromatic carbocycles. The van der Waals surface area contributed by atoms with Crippen molar-refractivity contribution >= 4 is 49.3 Å². The van der Waals surface area contributed by atoms with E-state index in [1.165, 1.54) is 15.3 Å². The molecule has 1 N–H and O–H groups in total. The molecule has 0 unspecified atom stereocenters. The van der Waals surface area contributed by atoms with E-state index in [1.54, 1.807) is 48.2 Å². The van der Waals surface area contributed by atoms with Gasteiger partial charge in [0.15, 0.2) is 6.23 Å². The first-order chi connectivity index (χ1) is 16.2. The van der Waals surface area contributed by atoms with Crippen LogP contribution in [0.2, 0.25) is 0 Å². The third-order valence-corrected chi connectivity index (χ3v) is 8.17. The zero-order valence-corrected chi connectivity index (χ0v) is 20.8. The molecule has 2 heterocycles. The lowest BCUT2D eigenvalue weighted by Crippen LogP contribution is -2.48. The molecule has 9 nitrogen and oxygen atoms in total. The largest absolute Gasteiger partial charge is 0.423 e. The number of sulfonamides is 1. The number of hydrogen-bond acceptors (Lipinski definition) is 6. The molecule has 0 spiro atoms. The quantitative estimate of drug-likeness (QED) is 0.589. The number of nitrogens with one attached hydrogen (secondary N) is 1. The van der Waals surface area contributed by atoms with E-state index in [-0.39, 0.29) is 36.9 Å². The Balaban J connectivity index is 1.41. The maximum Gasteiger partial charge on any atom is 0.416 e. The van der Waals surface area contributed by atoms with E-state index in [4.69, 9.17) is 4.74 Å². The summed E-state index contributed by atoms with van der Waals surface area (Å²) in [5, 5.41) is 2.59. The van der Waals surface area contributed by atoms with E-state index in [2.05, 4.69) is 21.2 Å². The lowest BCUT2D eigenvalue weighted by molar-refractivity contribution is -0.123. The summed E-state index contributed by atoms with van der Waals surface area (Å²) in [6.07, 6.45) is -1.20. The Bertz CT molecular complexity index is 1190. The van der Waals surface area contributed by atoms with Crippen LogP contribution in [0.5, 0.6) is 0 Å². The number of cyclic esters (lactones) is 1. The molecule has 0 bridgehead atoms. The summed E-state index contributed by atoms with van der Waals surface area (Å²) in [6, 6.07) is 10.9. The maximum absolute atomic E-state index is 15.0. The molecule has 2 aliphatic rings. The van der Waals surface area contributed by atoms with Crippen LogP contribution in [0.15, 0.2) is 51.8 Å². The number of rotatable bonds is 6. The molecule has 0 aromatic heterocycles. The normalized spacial score (nSPS) is 19.3. The van der Waals surface area contributed by atoms with Crippen molar-refractivity contribution in [3.8, 4) is 0 Å². The number of nitrogens with zero attached hydrogens (tertiary/aromatic N) is 3. The number of carbonyl (C=O) groups is 2. The van der Waals surface area contributed by atoms with E-state index in [9.17, 15) is 22.4 Å². The van der Waals surface area contributed by atoms with Gasteiger partial charge in [0.05, 0.1) is 22.8 Å². The molecule has 4 rings (SSSR count).